The smallest absolute Gasteiger partial charge is 0.261 e. The van der Waals surface area contributed by atoms with Gasteiger partial charge in [-0.1, -0.05) is 0 Å². The number of carbonyl (C=O) groups is 1. The van der Waals surface area contributed by atoms with Crippen LogP contribution < -0.4 is 5.56 Å². The fraction of sp³-hybridized carbons (Fsp3) is 0.684. The fourth-order valence-corrected chi connectivity index (χ4v) is 5.09. The molecule has 2 N–H and O–H groups in total. The molecule has 1 aromatic heterocycles. The number of likely N-dealkylation sites (tertiary alicyclic amines) is 1. The Morgan fingerprint density at radius 3 is 2.72 bits per heavy atom. The molecule has 3 aliphatic rings. The first-order valence-electron chi connectivity index (χ1n) is 9.18. The predicted octanol–water partition coefficient (Wildman–Crippen LogP) is 1.26. The van der Waals surface area contributed by atoms with Crippen molar-refractivity contribution in [3.8, 4) is 0 Å². The lowest BCUT2D eigenvalue weighted by Gasteiger charge is -2.62. The zero-order chi connectivity index (χ0) is 17.8. The van der Waals surface area contributed by atoms with Gasteiger partial charge < -0.3 is 19.7 Å². The highest BCUT2D eigenvalue weighted by atomic mass is 16.5. The molecule has 136 valence electrons. The van der Waals surface area contributed by atoms with E-state index in [0.717, 1.165) is 30.5 Å². The van der Waals surface area contributed by atoms with E-state index >= 15 is 0 Å². The molecule has 2 fully saturated rings. The second kappa shape index (κ2) is 5.68. The molecule has 1 aromatic rings. The molecule has 6 heteroatoms. The van der Waals surface area contributed by atoms with Crippen LogP contribution in [0.25, 0.3) is 0 Å². The van der Waals surface area contributed by atoms with Gasteiger partial charge in [0, 0.05) is 37.7 Å². The Morgan fingerprint density at radius 1 is 1.36 bits per heavy atom. The molecule has 0 unspecified atom stereocenters. The van der Waals surface area contributed by atoms with E-state index in [0.29, 0.717) is 32.4 Å². The Morgan fingerprint density at radius 2 is 2.08 bits per heavy atom. The molecule has 0 bridgehead atoms. The van der Waals surface area contributed by atoms with Gasteiger partial charge in [0.1, 0.15) is 5.56 Å². The van der Waals surface area contributed by atoms with Crippen LogP contribution >= 0.6 is 0 Å². The zero-order valence-corrected chi connectivity index (χ0v) is 14.9. The molecule has 0 radical (unpaired) electrons. The number of ether oxygens (including phenoxy) is 1. The van der Waals surface area contributed by atoms with Crippen LogP contribution in [0.1, 0.15) is 54.2 Å². The summed E-state index contributed by atoms with van der Waals surface area (Å²) in [7, 11) is 1.69. The molecule has 1 spiro atoms. The van der Waals surface area contributed by atoms with Gasteiger partial charge in [-0.25, -0.2) is 0 Å². The summed E-state index contributed by atoms with van der Waals surface area (Å²) in [5.74, 6) is -0.196. The van der Waals surface area contributed by atoms with Crippen molar-refractivity contribution in [1.29, 1.82) is 0 Å². The van der Waals surface area contributed by atoms with E-state index in [9.17, 15) is 14.7 Å². The van der Waals surface area contributed by atoms with E-state index in [-0.39, 0.29) is 34.1 Å². The maximum atomic E-state index is 12.9. The van der Waals surface area contributed by atoms with Crippen LogP contribution in [0.15, 0.2) is 10.9 Å². The number of nitrogens with zero attached hydrogens (tertiary/aromatic N) is 1. The molecular formula is C19H26N2O4. The van der Waals surface area contributed by atoms with Crippen LogP contribution in [-0.2, 0) is 17.6 Å². The average Bonchev–Trinajstić information content (AvgIpc) is 3.07. The van der Waals surface area contributed by atoms with Crippen molar-refractivity contribution in [2.24, 2.45) is 5.41 Å². The predicted molar refractivity (Wildman–Crippen MR) is 92.7 cm³/mol. The van der Waals surface area contributed by atoms with Crippen LogP contribution in [0.4, 0.5) is 0 Å². The second-order valence-electron chi connectivity index (χ2n) is 7.97. The van der Waals surface area contributed by atoms with Gasteiger partial charge in [0.25, 0.3) is 11.5 Å². The van der Waals surface area contributed by atoms with Crippen LogP contribution in [-0.4, -0.2) is 52.8 Å². The number of aromatic amines is 1. The normalized spacial score (nSPS) is 30.2. The molecule has 1 amide bonds. The molecule has 0 aromatic carbocycles. The van der Waals surface area contributed by atoms with Crippen LogP contribution in [0.2, 0.25) is 0 Å². The van der Waals surface area contributed by atoms with Crippen LogP contribution in [0.3, 0.4) is 0 Å². The largest absolute Gasteiger partial charge is 0.392 e. The number of fused-ring (bicyclic) bond motifs is 1. The van der Waals surface area contributed by atoms with Gasteiger partial charge in [0.2, 0.25) is 0 Å². The van der Waals surface area contributed by atoms with Crippen molar-refractivity contribution in [2.75, 3.05) is 20.2 Å². The first kappa shape index (κ1) is 16.8. The number of carbonyl (C=O) groups excluding carboxylic acids is 1. The van der Waals surface area contributed by atoms with E-state index < -0.39 is 0 Å². The maximum absolute atomic E-state index is 12.9. The number of aromatic nitrogens is 1. The van der Waals surface area contributed by atoms with Gasteiger partial charge in [-0.05, 0) is 50.7 Å². The molecule has 6 nitrogen and oxygen atoms in total. The topological polar surface area (TPSA) is 82.6 Å². The number of methoxy groups -OCH3 is 1. The second-order valence-corrected chi connectivity index (χ2v) is 7.97. The lowest BCUT2D eigenvalue weighted by molar-refractivity contribution is -0.259. The highest BCUT2D eigenvalue weighted by Crippen LogP contribution is 2.57. The minimum Gasteiger partial charge on any atom is -0.392 e. The fourth-order valence-electron chi connectivity index (χ4n) is 5.09. The summed E-state index contributed by atoms with van der Waals surface area (Å²) in [6, 6.07) is 1.78. The summed E-state index contributed by atoms with van der Waals surface area (Å²) in [6.07, 6.45) is 4.51. The number of aliphatic hydroxyl groups is 1. The number of rotatable bonds is 2. The number of aliphatic hydroxyl groups excluding tert-OH is 1. The molecule has 2 atom stereocenters. The van der Waals surface area contributed by atoms with Gasteiger partial charge >= 0.3 is 0 Å². The van der Waals surface area contributed by atoms with Crippen molar-refractivity contribution < 1.29 is 14.6 Å². The Labute approximate surface area is 147 Å². The summed E-state index contributed by atoms with van der Waals surface area (Å²) in [5, 5.41) is 10.3. The molecule has 25 heavy (non-hydrogen) atoms. The lowest BCUT2D eigenvalue weighted by Crippen LogP contribution is -2.69. The minimum absolute atomic E-state index is 0.196. The summed E-state index contributed by atoms with van der Waals surface area (Å²) >= 11 is 0. The Hall–Kier alpha value is -1.66. The quantitative estimate of drug-likeness (QED) is 0.844. The minimum atomic E-state index is -0.377. The number of piperidine rings is 1. The number of nitrogens with one attached hydrogen (secondary N) is 1. The third-order valence-corrected chi connectivity index (χ3v) is 6.99. The maximum Gasteiger partial charge on any atom is 0.261 e. The van der Waals surface area contributed by atoms with Crippen LogP contribution in [0.5, 0.6) is 0 Å². The molecular weight excluding hydrogens is 320 g/mol. The molecule has 2 heterocycles. The highest BCUT2D eigenvalue weighted by molar-refractivity contribution is 5.94. The zero-order valence-electron chi connectivity index (χ0n) is 14.9. The number of amides is 1. The molecule has 1 saturated heterocycles. The summed E-state index contributed by atoms with van der Waals surface area (Å²) in [4.78, 5) is 29.8. The third-order valence-electron chi connectivity index (χ3n) is 6.99. The van der Waals surface area contributed by atoms with Gasteiger partial charge in [0.15, 0.2) is 0 Å². The van der Waals surface area contributed by atoms with Crippen molar-refractivity contribution in [1.82, 2.24) is 9.88 Å². The summed E-state index contributed by atoms with van der Waals surface area (Å²) in [6.45, 7) is 3.14. The van der Waals surface area contributed by atoms with Gasteiger partial charge in [-0.15, -0.1) is 0 Å². The highest BCUT2D eigenvalue weighted by Gasteiger charge is 2.63. The van der Waals surface area contributed by atoms with Gasteiger partial charge in [-0.2, -0.15) is 0 Å². The summed E-state index contributed by atoms with van der Waals surface area (Å²) < 4.78 is 5.67. The Balaban J connectivity index is 1.52. The van der Waals surface area contributed by atoms with Crippen molar-refractivity contribution >= 4 is 5.91 Å². The van der Waals surface area contributed by atoms with Gasteiger partial charge in [-0.3, -0.25) is 9.59 Å². The standard InChI is InChI=1S/C19H26N2O4/c1-18(25-2)11-15(22)19(18)6-8-21(9-7-19)17(24)13-10-12-4-3-5-14(12)20-16(13)23/h10,15,22H,3-9,11H2,1-2H3,(H,20,23)/t15-,18+/m1/s1. The summed E-state index contributed by atoms with van der Waals surface area (Å²) in [5.41, 5.74) is 1.44. The van der Waals surface area contributed by atoms with E-state index in [1.807, 2.05) is 6.92 Å². The first-order chi connectivity index (χ1) is 11.9. The Kier molecular flexibility index (Phi) is 3.81. The van der Waals surface area contributed by atoms with E-state index in [1.54, 1.807) is 18.1 Å². The van der Waals surface area contributed by atoms with Crippen molar-refractivity contribution in [2.45, 2.75) is 57.2 Å². The molecule has 4 rings (SSSR count). The number of H-pyrrole nitrogens is 1. The first-order valence-corrected chi connectivity index (χ1v) is 9.18. The third kappa shape index (κ3) is 2.30. The SMILES string of the molecule is CO[C@@]1(C)C[C@@H](O)C12CCN(C(=O)c1cc3c([nH]c1=O)CCC3)CC2. The molecule has 1 saturated carbocycles. The lowest BCUT2D eigenvalue weighted by atomic mass is 9.51. The van der Waals surface area contributed by atoms with Gasteiger partial charge in [0.05, 0.1) is 11.7 Å². The number of hydrogen-bond acceptors (Lipinski definition) is 4. The van der Waals surface area contributed by atoms with Crippen LogP contribution in [0, 0.1) is 5.41 Å². The van der Waals surface area contributed by atoms with E-state index in [1.165, 1.54) is 0 Å². The van der Waals surface area contributed by atoms with E-state index in [2.05, 4.69) is 4.98 Å². The van der Waals surface area contributed by atoms with Crippen molar-refractivity contribution in [3.63, 3.8) is 0 Å². The number of aryl methyl sites for hydroxylation is 2. The monoisotopic (exact) mass is 346 g/mol. The van der Waals surface area contributed by atoms with Crippen molar-refractivity contribution in [3.05, 3.63) is 33.2 Å². The number of hydrogen-bond donors (Lipinski definition) is 2. The molecule has 2 aliphatic carbocycles. The molecule has 1 aliphatic heterocycles. The number of pyridine rings is 1. The average molecular weight is 346 g/mol. The van der Waals surface area contributed by atoms with E-state index in [4.69, 9.17) is 4.74 Å². The Bertz CT molecular complexity index is 763.